The summed E-state index contributed by atoms with van der Waals surface area (Å²) < 4.78 is 5.43. The van der Waals surface area contributed by atoms with Gasteiger partial charge in [-0.1, -0.05) is 18.5 Å². The van der Waals surface area contributed by atoms with Crippen molar-refractivity contribution < 1.29 is 9.21 Å². The van der Waals surface area contributed by atoms with Gasteiger partial charge in [0.15, 0.2) is 0 Å². The third kappa shape index (κ3) is 2.92. The van der Waals surface area contributed by atoms with Crippen LogP contribution in [0.2, 0.25) is 5.02 Å². The highest BCUT2D eigenvalue weighted by Gasteiger charge is 2.25. The van der Waals surface area contributed by atoms with Crippen LogP contribution >= 0.6 is 11.6 Å². The van der Waals surface area contributed by atoms with Crippen LogP contribution in [0.25, 0.3) is 11.0 Å². The van der Waals surface area contributed by atoms with Gasteiger partial charge in [-0.2, -0.15) is 0 Å². The highest BCUT2D eigenvalue weighted by atomic mass is 35.5. The molecule has 112 valence electrons. The van der Waals surface area contributed by atoms with E-state index in [1.807, 2.05) is 6.07 Å². The van der Waals surface area contributed by atoms with Crippen molar-refractivity contribution in [3.63, 3.8) is 0 Å². The molecule has 1 fully saturated rings. The van der Waals surface area contributed by atoms with E-state index >= 15 is 0 Å². The molecule has 2 atom stereocenters. The molecule has 1 aliphatic heterocycles. The topological polar surface area (TPSA) is 54.3 Å². The van der Waals surface area contributed by atoms with Crippen LogP contribution in [0.3, 0.4) is 0 Å². The van der Waals surface area contributed by atoms with Crippen LogP contribution in [0.4, 0.5) is 0 Å². The molecular formula is C16H19ClN2O2. The fraction of sp³-hybridized carbons (Fsp3) is 0.438. The van der Waals surface area contributed by atoms with Gasteiger partial charge in [0, 0.05) is 22.5 Å². The molecule has 1 amide bonds. The Balaban J connectivity index is 1.84. The molecule has 2 N–H and O–H groups in total. The SMILES string of the molecule is CCC(NC(=O)c1cc(Cl)cc2ccoc12)C1CCCN1. The Morgan fingerprint density at radius 2 is 2.43 bits per heavy atom. The molecule has 1 saturated heterocycles. The van der Waals surface area contributed by atoms with Gasteiger partial charge in [0.1, 0.15) is 5.58 Å². The van der Waals surface area contributed by atoms with Gasteiger partial charge in [-0.05, 0) is 44.0 Å². The van der Waals surface area contributed by atoms with E-state index in [2.05, 4.69) is 17.6 Å². The number of furan rings is 1. The first-order valence-corrected chi connectivity index (χ1v) is 7.78. The standard InChI is InChI=1S/C16H19ClN2O2/c1-2-13(14-4-3-6-18-14)19-16(20)12-9-11(17)8-10-5-7-21-15(10)12/h5,7-9,13-14,18H,2-4,6H2,1H3,(H,19,20). The summed E-state index contributed by atoms with van der Waals surface area (Å²) in [6.45, 7) is 3.11. The van der Waals surface area contributed by atoms with E-state index < -0.39 is 0 Å². The molecule has 0 aliphatic carbocycles. The predicted molar refractivity (Wildman–Crippen MR) is 83.8 cm³/mol. The van der Waals surface area contributed by atoms with Gasteiger partial charge >= 0.3 is 0 Å². The van der Waals surface area contributed by atoms with E-state index in [0.717, 1.165) is 31.2 Å². The third-order valence-corrected chi connectivity index (χ3v) is 4.32. The van der Waals surface area contributed by atoms with Gasteiger partial charge in [0.05, 0.1) is 11.8 Å². The van der Waals surface area contributed by atoms with E-state index in [-0.39, 0.29) is 11.9 Å². The Morgan fingerprint density at radius 3 is 3.14 bits per heavy atom. The van der Waals surface area contributed by atoms with E-state index in [9.17, 15) is 4.79 Å². The van der Waals surface area contributed by atoms with Gasteiger partial charge in [0.2, 0.25) is 0 Å². The summed E-state index contributed by atoms with van der Waals surface area (Å²) in [5.74, 6) is -0.127. The minimum Gasteiger partial charge on any atom is -0.464 e. The van der Waals surface area contributed by atoms with E-state index in [1.54, 1.807) is 18.4 Å². The molecule has 1 aromatic heterocycles. The molecule has 2 heterocycles. The van der Waals surface area contributed by atoms with Gasteiger partial charge in [0.25, 0.3) is 5.91 Å². The lowest BCUT2D eigenvalue weighted by Gasteiger charge is -2.23. The summed E-state index contributed by atoms with van der Waals surface area (Å²) in [5.41, 5.74) is 1.09. The molecule has 4 nitrogen and oxygen atoms in total. The van der Waals surface area contributed by atoms with Crippen LogP contribution in [-0.2, 0) is 0 Å². The minimum atomic E-state index is -0.127. The van der Waals surface area contributed by atoms with Crippen LogP contribution in [0, 0.1) is 0 Å². The number of nitrogens with one attached hydrogen (secondary N) is 2. The summed E-state index contributed by atoms with van der Waals surface area (Å²) in [5, 5.41) is 7.95. The second kappa shape index (κ2) is 6.08. The molecule has 0 spiro atoms. The Morgan fingerprint density at radius 1 is 1.57 bits per heavy atom. The number of rotatable bonds is 4. The van der Waals surface area contributed by atoms with Crippen molar-refractivity contribution in [2.45, 2.75) is 38.3 Å². The van der Waals surface area contributed by atoms with E-state index in [4.69, 9.17) is 16.0 Å². The van der Waals surface area contributed by atoms with E-state index in [1.165, 1.54) is 0 Å². The second-order valence-corrected chi connectivity index (χ2v) is 5.92. The van der Waals surface area contributed by atoms with Crippen LogP contribution in [0.1, 0.15) is 36.5 Å². The van der Waals surface area contributed by atoms with Crippen molar-refractivity contribution in [1.29, 1.82) is 0 Å². The normalized spacial score (nSPS) is 19.8. The summed E-state index contributed by atoms with van der Waals surface area (Å²) in [6, 6.07) is 5.76. The zero-order valence-corrected chi connectivity index (χ0v) is 12.7. The number of fused-ring (bicyclic) bond motifs is 1. The lowest BCUT2D eigenvalue weighted by Crippen LogP contribution is -2.47. The molecule has 2 unspecified atom stereocenters. The molecule has 21 heavy (non-hydrogen) atoms. The fourth-order valence-corrected chi connectivity index (χ4v) is 3.23. The quantitative estimate of drug-likeness (QED) is 0.911. The Labute approximate surface area is 128 Å². The van der Waals surface area contributed by atoms with Crippen LogP contribution < -0.4 is 10.6 Å². The van der Waals surface area contributed by atoms with Crippen molar-refractivity contribution >= 4 is 28.5 Å². The molecule has 0 saturated carbocycles. The van der Waals surface area contributed by atoms with Crippen LogP contribution in [-0.4, -0.2) is 24.5 Å². The summed E-state index contributed by atoms with van der Waals surface area (Å²) >= 11 is 6.09. The molecule has 0 radical (unpaired) electrons. The minimum absolute atomic E-state index is 0.127. The smallest absolute Gasteiger partial charge is 0.255 e. The first-order valence-electron chi connectivity index (χ1n) is 7.40. The first-order chi connectivity index (χ1) is 10.2. The number of carbonyl (C=O) groups excluding carboxylic acids is 1. The zero-order chi connectivity index (χ0) is 14.8. The molecule has 1 aromatic carbocycles. The average molecular weight is 307 g/mol. The van der Waals surface area contributed by atoms with Gasteiger partial charge in [-0.15, -0.1) is 0 Å². The van der Waals surface area contributed by atoms with Gasteiger partial charge in [-0.3, -0.25) is 4.79 Å². The number of hydrogen-bond acceptors (Lipinski definition) is 3. The molecule has 3 rings (SSSR count). The summed E-state index contributed by atoms with van der Waals surface area (Å²) in [6.07, 6.45) is 4.74. The van der Waals surface area contributed by atoms with Gasteiger partial charge in [-0.25, -0.2) is 0 Å². The second-order valence-electron chi connectivity index (χ2n) is 5.48. The average Bonchev–Trinajstić information content (AvgIpc) is 3.14. The summed E-state index contributed by atoms with van der Waals surface area (Å²) in [4.78, 5) is 12.6. The Kier molecular flexibility index (Phi) is 4.17. The maximum Gasteiger partial charge on any atom is 0.255 e. The molecule has 1 aliphatic rings. The van der Waals surface area contributed by atoms with Crippen LogP contribution in [0.5, 0.6) is 0 Å². The van der Waals surface area contributed by atoms with Crippen molar-refractivity contribution in [1.82, 2.24) is 10.6 Å². The highest BCUT2D eigenvalue weighted by Crippen LogP contribution is 2.25. The number of amides is 1. The monoisotopic (exact) mass is 306 g/mol. The molecular weight excluding hydrogens is 288 g/mol. The van der Waals surface area contributed by atoms with Crippen molar-refractivity contribution in [3.8, 4) is 0 Å². The number of benzene rings is 1. The fourth-order valence-electron chi connectivity index (χ4n) is 3.00. The molecule has 2 aromatic rings. The van der Waals surface area contributed by atoms with Crippen LogP contribution in [0.15, 0.2) is 28.9 Å². The first kappa shape index (κ1) is 14.4. The molecule has 0 bridgehead atoms. The largest absolute Gasteiger partial charge is 0.464 e. The molecule has 5 heteroatoms. The Hall–Kier alpha value is -1.52. The number of hydrogen-bond donors (Lipinski definition) is 2. The maximum atomic E-state index is 12.6. The lowest BCUT2D eigenvalue weighted by molar-refractivity contribution is 0.0928. The van der Waals surface area contributed by atoms with Crippen molar-refractivity contribution in [2.24, 2.45) is 0 Å². The van der Waals surface area contributed by atoms with E-state index in [0.29, 0.717) is 22.2 Å². The van der Waals surface area contributed by atoms with Crippen molar-refractivity contribution in [2.75, 3.05) is 6.54 Å². The maximum absolute atomic E-state index is 12.6. The van der Waals surface area contributed by atoms with Gasteiger partial charge < -0.3 is 15.1 Å². The zero-order valence-electron chi connectivity index (χ0n) is 12.0. The Bertz CT molecular complexity index is 647. The van der Waals surface area contributed by atoms with Crippen molar-refractivity contribution in [3.05, 3.63) is 35.0 Å². The third-order valence-electron chi connectivity index (χ3n) is 4.10. The number of carbonyl (C=O) groups is 1. The predicted octanol–water partition coefficient (Wildman–Crippen LogP) is 3.35. The summed E-state index contributed by atoms with van der Waals surface area (Å²) in [7, 11) is 0. The highest BCUT2D eigenvalue weighted by molar-refractivity contribution is 6.32. The lowest BCUT2D eigenvalue weighted by atomic mass is 10.0. The number of halogens is 1.